The van der Waals surface area contributed by atoms with Crippen LogP contribution in [0.5, 0.6) is 0 Å². The van der Waals surface area contributed by atoms with E-state index in [1.54, 1.807) is 0 Å². The molecule has 1 amide bonds. The SMILES string of the molecule is O=C(CCl)N(CCc1ccccc1)C1CCCC1. The van der Waals surface area contributed by atoms with Crippen LogP contribution in [0.15, 0.2) is 30.3 Å². The molecular weight excluding hydrogens is 246 g/mol. The fourth-order valence-corrected chi connectivity index (χ4v) is 2.85. The number of rotatable bonds is 5. The van der Waals surface area contributed by atoms with Crippen molar-refractivity contribution in [2.24, 2.45) is 0 Å². The lowest BCUT2D eigenvalue weighted by Crippen LogP contribution is -2.41. The van der Waals surface area contributed by atoms with Crippen LogP contribution in [0.1, 0.15) is 31.2 Å². The van der Waals surface area contributed by atoms with Crippen LogP contribution in [0, 0.1) is 0 Å². The maximum atomic E-state index is 11.9. The second-order valence-electron chi connectivity index (χ2n) is 4.89. The number of nitrogens with zero attached hydrogens (tertiary/aromatic N) is 1. The van der Waals surface area contributed by atoms with Gasteiger partial charge in [-0.3, -0.25) is 4.79 Å². The molecule has 2 nitrogen and oxygen atoms in total. The van der Waals surface area contributed by atoms with Crippen molar-refractivity contribution in [3.8, 4) is 0 Å². The molecule has 1 aliphatic rings. The van der Waals surface area contributed by atoms with E-state index in [-0.39, 0.29) is 11.8 Å². The first kappa shape index (κ1) is 13.4. The summed E-state index contributed by atoms with van der Waals surface area (Å²) in [5, 5.41) is 0. The molecule has 0 bridgehead atoms. The first-order valence-corrected chi connectivity index (χ1v) is 7.24. The lowest BCUT2D eigenvalue weighted by molar-refractivity contribution is -0.130. The van der Waals surface area contributed by atoms with Crippen molar-refractivity contribution >= 4 is 17.5 Å². The number of hydrogen-bond acceptors (Lipinski definition) is 1. The third-order valence-electron chi connectivity index (χ3n) is 3.68. The quantitative estimate of drug-likeness (QED) is 0.749. The van der Waals surface area contributed by atoms with Crippen molar-refractivity contribution in [2.75, 3.05) is 12.4 Å². The minimum Gasteiger partial charge on any atom is -0.338 e. The predicted molar refractivity (Wildman–Crippen MR) is 74.8 cm³/mol. The Labute approximate surface area is 114 Å². The lowest BCUT2D eigenvalue weighted by atomic mass is 10.1. The highest BCUT2D eigenvalue weighted by Crippen LogP contribution is 2.24. The molecule has 0 atom stereocenters. The molecule has 1 aromatic carbocycles. The number of hydrogen-bond donors (Lipinski definition) is 0. The summed E-state index contributed by atoms with van der Waals surface area (Å²) in [7, 11) is 0. The zero-order valence-electron chi connectivity index (χ0n) is 10.6. The molecule has 2 rings (SSSR count). The normalized spacial score (nSPS) is 15.8. The van der Waals surface area contributed by atoms with Gasteiger partial charge in [-0.15, -0.1) is 11.6 Å². The highest BCUT2D eigenvalue weighted by atomic mass is 35.5. The van der Waals surface area contributed by atoms with Gasteiger partial charge in [0.25, 0.3) is 0 Å². The molecule has 1 aliphatic carbocycles. The topological polar surface area (TPSA) is 20.3 Å². The van der Waals surface area contributed by atoms with Crippen LogP contribution in [0.3, 0.4) is 0 Å². The smallest absolute Gasteiger partial charge is 0.237 e. The first-order valence-electron chi connectivity index (χ1n) is 6.70. The minimum atomic E-state index is 0.0829. The van der Waals surface area contributed by atoms with Gasteiger partial charge in [0.05, 0.1) is 0 Å². The molecule has 1 fully saturated rings. The Hall–Kier alpha value is -1.02. The number of benzene rings is 1. The Balaban J connectivity index is 1.94. The Kier molecular flexibility index (Phi) is 5.06. The van der Waals surface area contributed by atoms with Gasteiger partial charge in [-0.05, 0) is 24.8 Å². The Morgan fingerprint density at radius 3 is 2.50 bits per heavy atom. The monoisotopic (exact) mass is 265 g/mol. The maximum absolute atomic E-state index is 11.9. The van der Waals surface area contributed by atoms with Gasteiger partial charge in [0.15, 0.2) is 0 Å². The summed E-state index contributed by atoms with van der Waals surface area (Å²) >= 11 is 5.72. The molecule has 0 heterocycles. The highest BCUT2D eigenvalue weighted by Gasteiger charge is 2.25. The number of carbonyl (C=O) groups is 1. The van der Waals surface area contributed by atoms with Crippen molar-refractivity contribution in [3.63, 3.8) is 0 Å². The maximum Gasteiger partial charge on any atom is 0.237 e. The van der Waals surface area contributed by atoms with E-state index in [4.69, 9.17) is 11.6 Å². The second-order valence-corrected chi connectivity index (χ2v) is 5.16. The van der Waals surface area contributed by atoms with Crippen LogP contribution in [-0.4, -0.2) is 29.3 Å². The largest absolute Gasteiger partial charge is 0.338 e. The third kappa shape index (κ3) is 3.49. The van der Waals surface area contributed by atoms with Crippen LogP contribution >= 0.6 is 11.6 Å². The van der Waals surface area contributed by atoms with E-state index in [0.717, 1.165) is 25.8 Å². The molecule has 0 N–H and O–H groups in total. The molecule has 0 saturated heterocycles. The fraction of sp³-hybridized carbons (Fsp3) is 0.533. The van der Waals surface area contributed by atoms with Gasteiger partial charge in [-0.2, -0.15) is 0 Å². The molecule has 0 spiro atoms. The van der Waals surface area contributed by atoms with Crippen molar-refractivity contribution in [1.29, 1.82) is 0 Å². The molecule has 3 heteroatoms. The predicted octanol–water partition coefficient (Wildman–Crippen LogP) is 3.24. The molecule has 0 aromatic heterocycles. The van der Waals surface area contributed by atoms with E-state index in [2.05, 4.69) is 12.1 Å². The Morgan fingerprint density at radius 1 is 1.22 bits per heavy atom. The highest BCUT2D eigenvalue weighted by molar-refractivity contribution is 6.27. The summed E-state index contributed by atoms with van der Waals surface area (Å²) in [6.45, 7) is 0.792. The van der Waals surface area contributed by atoms with E-state index in [1.807, 2.05) is 23.1 Å². The minimum absolute atomic E-state index is 0.0829. The molecule has 0 aliphatic heterocycles. The van der Waals surface area contributed by atoms with Gasteiger partial charge in [0, 0.05) is 12.6 Å². The molecule has 1 aromatic rings. The number of carbonyl (C=O) groups excluding carboxylic acids is 1. The summed E-state index contributed by atoms with van der Waals surface area (Å²) in [5.41, 5.74) is 1.28. The zero-order valence-corrected chi connectivity index (χ0v) is 11.4. The van der Waals surface area contributed by atoms with Crippen LogP contribution in [0.4, 0.5) is 0 Å². The molecule has 0 unspecified atom stereocenters. The first-order chi connectivity index (χ1) is 8.81. The fourth-order valence-electron chi connectivity index (χ4n) is 2.70. The Morgan fingerprint density at radius 2 is 1.89 bits per heavy atom. The molecular formula is C15H20ClNO. The lowest BCUT2D eigenvalue weighted by Gasteiger charge is -2.28. The van der Waals surface area contributed by atoms with Crippen molar-refractivity contribution in [1.82, 2.24) is 4.90 Å². The average molecular weight is 266 g/mol. The van der Waals surface area contributed by atoms with Crippen molar-refractivity contribution < 1.29 is 4.79 Å². The van der Waals surface area contributed by atoms with Crippen LogP contribution in [-0.2, 0) is 11.2 Å². The van der Waals surface area contributed by atoms with E-state index in [0.29, 0.717) is 6.04 Å². The summed E-state index contributed by atoms with van der Waals surface area (Å²) in [6, 6.07) is 10.7. The summed E-state index contributed by atoms with van der Waals surface area (Å²) in [6.07, 6.45) is 5.67. The standard InChI is InChI=1S/C15H20ClNO/c16-12-15(18)17(14-8-4-5-9-14)11-10-13-6-2-1-3-7-13/h1-3,6-7,14H,4-5,8-12H2. The molecule has 1 saturated carbocycles. The summed E-state index contributed by atoms with van der Waals surface area (Å²) < 4.78 is 0. The van der Waals surface area contributed by atoms with Crippen LogP contribution in [0.25, 0.3) is 0 Å². The van der Waals surface area contributed by atoms with Crippen LogP contribution < -0.4 is 0 Å². The van der Waals surface area contributed by atoms with Crippen molar-refractivity contribution in [2.45, 2.75) is 38.1 Å². The number of amides is 1. The van der Waals surface area contributed by atoms with Crippen molar-refractivity contribution in [3.05, 3.63) is 35.9 Å². The molecule has 98 valence electrons. The zero-order chi connectivity index (χ0) is 12.8. The number of halogens is 1. The van der Waals surface area contributed by atoms with Gasteiger partial charge in [0.2, 0.25) is 5.91 Å². The third-order valence-corrected chi connectivity index (χ3v) is 3.91. The second kappa shape index (κ2) is 6.79. The van der Waals surface area contributed by atoms with Crippen LogP contribution in [0.2, 0.25) is 0 Å². The molecule has 0 radical (unpaired) electrons. The van der Waals surface area contributed by atoms with Gasteiger partial charge < -0.3 is 4.90 Å². The summed E-state index contributed by atoms with van der Waals surface area (Å²) in [5.74, 6) is 0.185. The van der Waals surface area contributed by atoms with Gasteiger partial charge in [-0.1, -0.05) is 43.2 Å². The van der Waals surface area contributed by atoms with Gasteiger partial charge in [-0.25, -0.2) is 0 Å². The number of alkyl halides is 1. The summed E-state index contributed by atoms with van der Waals surface area (Å²) in [4.78, 5) is 13.9. The van der Waals surface area contributed by atoms with E-state index >= 15 is 0 Å². The van der Waals surface area contributed by atoms with E-state index in [1.165, 1.54) is 18.4 Å². The van der Waals surface area contributed by atoms with E-state index < -0.39 is 0 Å². The molecule has 18 heavy (non-hydrogen) atoms. The Bertz CT molecular complexity index is 373. The average Bonchev–Trinajstić information content (AvgIpc) is 2.94. The van der Waals surface area contributed by atoms with Gasteiger partial charge in [0.1, 0.15) is 5.88 Å². The van der Waals surface area contributed by atoms with Gasteiger partial charge >= 0.3 is 0 Å². The van der Waals surface area contributed by atoms with E-state index in [9.17, 15) is 4.79 Å².